The Balaban J connectivity index is 2.02. The summed E-state index contributed by atoms with van der Waals surface area (Å²) >= 11 is 0. The van der Waals surface area contributed by atoms with E-state index in [-0.39, 0.29) is 18.9 Å². The monoisotopic (exact) mass is 221 g/mol. The molecule has 1 amide bonds. The molecule has 0 radical (unpaired) electrons. The Hall–Kier alpha value is -1.98. The van der Waals surface area contributed by atoms with E-state index >= 15 is 0 Å². The summed E-state index contributed by atoms with van der Waals surface area (Å²) in [7, 11) is 0. The van der Waals surface area contributed by atoms with Crippen molar-refractivity contribution in [2.75, 3.05) is 6.54 Å². The Bertz CT molecular complexity index is 407. The lowest BCUT2D eigenvalue weighted by Crippen LogP contribution is -2.26. The molecule has 2 heterocycles. The van der Waals surface area contributed by atoms with Crippen LogP contribution in [0.2, 0.25) is 0 Å². The van der Waals surface area contributed by atoms with E-state index in [2.05, 4.69) is 10.2 Å². The topological polar surface area (TPSA) is 83.4 Å². The highest BCUT2D eigenvalue weighted by atomic mass is 16.4. The van der Waals surface area contributed by atoms with Crippen LogP contribution >= 0.6 is 0 Å². The van der Waals surface area contributed by atoms with Gasteiger partial charge in [0.2, 0.25) is 5.91 Å². The fourth-order valence-electron chi connectivity index (χ4n) is 1.70. The van der Waals surface area contributed by atoms with Gasteiger partial charge in [0, 0.05) is 19.2 Å². The Labute approximate surface area is 91.9 Å². The van der Waals surface area contributed by atoms with Crippen LogP contribution in [0.4, 0.5) is 0 Å². The Morgan fingerprint density at radius 1 is 1.62 bits per heavy atom. The number of amides is 1. The number of rotatable bonds is 3. The van der Waals surface area contributed by atoms with Crippen LogP contribution in [0, 0.1) is 5.92 Å². The summed E-state index contributed by atoms with van der Waals surface area (Å²) in [5.74, 6) is -1.66. The highest BCUT2D eigenvalue weighted by molar-refractivity contribution is 5.85. The number of hydrogen-bond donors (Lipinski definition) is 1. The lowest BCUT2D eigenvalue weighted by Gasteiger charge is -2.14. The zero-order chi connectivity index (χ0) is 11.5. The van der Waals surface area contributed by atoms with Gasteiger partial charge in [0.05, 0.1) is 18.2 Å². The minimum atomic E-state index is -0.921. The molecule has 1 aromatic heterocycles. The maximum atomic E-state index is 11.5. The van der Waals surface area contributed by atoms with Crippen molar-refractivity contribution in [3.8, 4) is 0 Å². The molecule has 1 aliphatic rings. The van der Waals surface area contributed by atoms with E-state index in [9.17, 15) is 9.59 Å². The Kier molecular flexibility index (Phi) is 2.80. The number of aromatic nitrogens is 2. The van der Waals surface area contributed by atoms with Crippen LogP contribution in [0.15, 0.2) is 18.3 Å². The summed E-state index contributed by atoms with van der Waals surface area (Å²) in [5.41, 5.74) is 0.668. The van der Waals surface area contributed by atoms with Crippen LogP contribution in [-0.2, 0) is 16.1 Å². The number of carbonyl (C=O) groups excluding carboxylic acids is 1. The Morgan fingerprint density at radius 2 is 2.44 bits per heavy atom. The van der Waals surface area contributed by atoms with E-state index in [1.54, 1.807) is 18.3 Å². The highest BCUT2D eigenvalue weighted by Gasteiger charge is 2.34. The molecular formula is C10H11N3O3. The van der Waals surface area contributed by atoms with E-state index in [1.807, 2.05) is 0 Å². The summed E-state index contributed by atoms with van der Waals surface area (Å²) < 4.78 is 0. The molecule has 0 aliphatic carbocycles. The van der Waals surface area contributed by atoms with Gasteiger partial charge in [-0.05, 0) is 12.1 Å². The van der Waals surface area contributed by atoms with Gasteiger partial charge in [-0.25, -0.2) is 0 Å². The third-order valence-electron chi connectivity index (χ3n) is 2.54. The number of carbonyl (C=O) groups is 2. The number of aliphatic carboxylic acids is 1. The number of nitrogens with zero attached hydrogens (tertiary/aromatic N) is 3. The minimum Gasteiger partial charge on any atom is -0.481 e. The molecule has 1 saturated heterocycles. The van der Waals surface area contributed by atoms with Crippen molar-refractivity contribution in [1.29, 1.82) is 0 Å². The molecule has 1 atom stereocenters. The smallest absolute Gasteiger partial charge is 0.308 e. The first kappa shape index (κ1) is 10.5. The molecule has 1 unspecified atom stereocenters. The molecule has 0 saturated carbocycles. The van der Waals surface area contributed by atoms with E-state index < -0.39 is 11.9 Å². The fourth-order valence-corrected chi connectivity index (χ4v) is 1.70. The summed E-state index contributed by atoms with van der Waals surface area (Å²) in [4.78, 5) is 23.7. The molecular weight excluding hydrogens is 210 g/mol. The molecule has 0 bridgehead atoms. The summed E-state index contributed by atoms with van der Waals surface area (Å²) in [6, 6.07) is 3.49. The van der Waals surface area contributed by atoms with Gasteiger partial charge < -0.3 is 10.0 Å². The standard InChI is InChI=1S/C10H11N3O3/c14-9-4-7(10(15)16)5-13(9)6-8-2-1-3-11-12-8/h1-3,7H,4-6H2,(H,15,16). The maximum Gasteiger partial charge on any atom is 0.308 e. The van der Waals surface area contributed by atoms with Crippen molar-refractivity contribution in [2.45, 2.75) is 13.0 Å². The lowest BCUT2D eigenvalue weighted by atomic mass is 10.1. The molecule has 0 spiro atoms. The predicted molar refractivity (Wildman–Crippen MR) is 53.2 cm³/mol. The van der Waals surface area contributed by atoms with Crippen molar-refractivity contribution in [3.63, 3.8) is 0 Å². The number of carboxylic acid groups (broad SMARTS) is 1. The summed E-state index contributed by atoms with van der Waals surface area (Å²) in [5, 5.41) is 16.4. The van der Waals surface area contributed by atoms with Crippen molar-refractivity contribution in [3.05, 3.63) is 24.0 Å². The molecule has 6 nitrogen and oxygen atoms in total. The van der Waals surface area contributed by atoms with Crippen LogP contribution in [-0.4, -0.2) is 38.6 Å². The molecule has 1 fully saturated rings. The van der Waals surface area contributed by atoms with Crippen LogP contribution in [0.5, 0.6) is 0 Å². The number of hydrogen-bond acceptors (Lipinski definition) is 4. The van der Waals surface area contributed by atoms with Crippen LogP contribution < -0.4 is 0 Å². The zero-order valence-electron chi connectivity index (χ0n) is 8.54. The first-order chi connectivity index (χ1) is 7.66. The Morgan fingerprint density at radius 3 is 3.00 bits per heavy atom. The maximum absolute atomic E-state index is 11.5. The normalized spacial score (nSPS) is 20.1. The number of carboxylic acids is 1. The van der Waals surface area contributed by atoms with Crippen molar-refractivity contribution >= 4 is 11.9 Å². The largest absolute Gasteiger partial charge is 0.481 e. The van der Waals surface area contributed by atoms with E-state index in [4.69, 9.17) is 5.11 Å². The molecule has 0 aromatic carbocycles. The third kappa shape index (κ3) is 2.16. The minimum absolute atomic E-state index is 0.0790. The van der Waals surface area contributed by atoms with Gasteiger partial charge in [0.15, 0.2) is 0 Å². The van der Waals surface area contributed by atoms with Crippen molar-refractivity contribution < 1.29 is 14.7 Å². The second-order valence-electron chi connectivity index (χ2n) is 3.73. The summed E-state index contributed by atoms with van der Waals surface area (Å²) in [6.45, 7) is 0.585. The number of likely N-dealkylation sites (tertiary alicyclic amines) is 1. The van der Waals surface area contributed by atoms with Crippen LogP contribution in [0.1, 0.15) is 12.1 Å². The van der Waals surface area contributed by atoms with Gasteiger partial charge in [-0.2, -0.15) is 10.2 Å². The van der Waals surface area contributed by atoms with Gasteiger partial charge in [-0.3, -0.25) is 9.59 Å². The third-order valence-corrected chi connectivity index (χ3v) is 2.54. The SMILES string of the molecule is O=C(O)C1CC(=O)N(Cc2cccnn2)C1. The molecule has 1 N–H and O–H groups in total. The molecule has 84 valence electrons. The summed E-state index contributed by atoms with van der Waals surface area (Å²) in [6.07, 6.45) is 1.63. The van der Waals surface area contributed by atoms with E-state index in [1.165, 1.54) is 4.90 Å². The molecule has 2 rings (SSSR count). The molecule has 1 aromatic rings. The first-order valence-electron chi connectivity index (χ1n) is 4.94. The van der Waals surface area contributed by atoms with Crippen LogP contribution in [0.25, 0.3) is 0 Å². The van der Waals surface area contributed by atoms with Gasteiger partial charge >= 0.3 is 5.97 Å². The van der Waals surface area contributed by atoms with E-state index in [0.717, 1.165) is 0 Å². The second-order valence-corrected chi connectivity index (χ2v) is 3.73. The molecule has 6 heteroatoms. The highest BCUT2D eigenvalue weighted by Crippen LogP contribution is 2.19. The van der Waals surface area contributed by atoms with E-state index in [0.29, 0.717) is 12.2 Å². The lowest BCUT2D eigenvalue weighted by molar-refractivity contribution is -0.141. The molecule has 16 heavy (non-hydrogen) atoms. The second kappa shape index (κ2) is 4.26. The van der Waals surface area contributed by atoms with Gasteiger partial charge in [0.1, 0.15) is 0 Å². The first-order valence-corrected chi connectivity index (χ1v) is 4.94. The molecule has 1 aliphatic heterocycles. The average Bonchev–Trinajstić information content (AvgIpc) is 2.62. The van der Waals surface area contributed by atoms with Crippen molar-refractivity contribution in [1.82, 2.24) is 15.1 Å². The van der Waals surface area contributed by atoms with Crippen LogP contribution in [0.3, 0.4) is 0 Å². The quantitative estimate of drug-likeness (QED) is 0.771. The van der Waals surface area contributed by atoms with Gasteiger partial charge in [-0.1, -0.05) is 0 Å². The van der Waals surface area contributed by atoms with Crippen molar-refractivity contribution in [2.24, 2.45) is 5.92 Å². The van der Waals surface area contributed by atoms with Gasteiger partial charge in [0.25, 0.3) is 0 Å². The average molecular weight is 221 g/mol. The predicted octanol–water partition coefficient (Wildman–Crippen LogP) is -0.0903. The van der Waals surface area contributed by atoms with Gasteiger partial charge in [-0.15, -0.1) is 0 Å². The fraction of sp³-hybridized carbons (Fsp3) is 0.400. The zero-order valence-corrected chi connectivity index (χ0v) is 8.54.